The first-order valence-corrected chi connectivity index (χ1v) is 6.59. The Morgan fingerprint density at radius 3 is 2.83 bits per heavy atom. The Bertz CT molecular complexity index is 342. The van der Waals surface area contributed by atoms with Crippen LogP contribution in [0.2, 0.25) is 0 Å². The first-order chi connectivity index (χ1) is 8.69. The molecule has 0 aliphatic heterocycles. The van der Waals surface area contributed by atoms with Crippen molar-refractivity contribution >= 4 is 5.69 Å². The monoisotopic (exact) mass is 251 g/mol. The van der Waals surface area contributed by atoms with Crippen molar-refractivity contribution in [3.8, 4) is 0 Å². The number of ether oxygens (including phenoxy) is 1. The minimum absolute atomic E-state index is 0.486. The Hall–Kier alpha value is -1.13. The normalized spacial score (nSPS) is 10.9. The van der Waals surface area contributed by atoms with Crippen molar-refractivity contribution < 1.29 is 4.74 Å². The number of pyridine rings is 1. The maximum atomic E-state index is 5.16. The van der Waals surface area contributed by atoms with E-state index in [0.717, 1.165) is 26.2 Å². The lowest BCUT2D eigenvalue weighted by Gasteiger charge is -2.25. The fraction of sp³-hybridized carbons (Fsp3) is 0.643. The maximum Gasteiger partial charge on any atom is 0.0637 e. The molecule has 0 saturated heterocycles. The predicted octanol–water partition coefficient (Wildman–Crippen LogP) is 2.05. The van der Waals surface area contributed by atoms with E-state index in [1.807, 2.05) is 12.4 Å². The van der Waals surface area contributed by atoms with Crippen LogP contribution in [0.5, 0.6) is 0 Å². The fourth-order valence-electron chi connectivity index (χ4n) is 1.81. The third kappa shape index (κ3) is 4.63. The number of aromatic nitrogens is 1. The number of likely N-dealkylation sites (N-methyl/N-ethyl adjacent to an activating group) is 1. The van der Waals surface area contributed by atoms with E-state index in [9.17, 15) is 0 Å². The van der Waals surface area contributed by atoms with E-state index < -0.39 is 0 Å². The van der Waals surface area contributed by atoms with E-state index in [2.05, 4.69) is 42.0 Å². The lowest BCUT2D eigenvalue weighted by atomic mass is 10.2. The van der Waals surface area contributed by atoms with Crippen LogP contribution in [0.3, 0.4) is 0 Å². The third-order valence-electron chi connectivity index (χ3n) is 2.88. The van der Waals surface area contributed by atoms with Crippen molar-refractivity contribution in [1.29, 1.82) is 0 Å². The molecular formula is C14H25N3O. The van der Waals surface area contributed by atoms with Crippen LogP contribution in [0, 0.1) is 0 Å². The Morgan fingerprint density at radius 1 is 1.44 bits per heavy atom. The largest absolute Gasteiger partial charge is 0.383 e. The van der Waals surface area contributed by atoms with Gasteiger partial charge < -0.3 is 15.0 Å². The molecule has 0 atom stereocenters. The number of rotatable bonds is 8. The van der Waals surface area contributed by atoms with Crippen LogP contribution in [0.25, 0.3) is 0 Å². The SMILES string of the molecule is CCN(CCOC)c1cnccc1CNC(C)C. The zero-order valence-electron chi connectivity index (χ0n) is 11.9. The highest BCUT2D eigenvalue weighted by Gasteiger charge is 2.09. The van der Waals surface area contributed by atoms with E-state index in [1.165, 1.54) is 11.3 Å². The molecule has 0 aliphatic carbocycles. The van der Waals surface area contributed by atoms with Gasteiger partial charge in [0.2, 0.25) is 0 Å². The molecule has 1 N–H and O–H groups in total. The molecule has 0 aliphatic rings. The average Bonchev–Trinajstić information content (AvgIpc) is 2.38. The van der Waals surface area contributed by atoms with Gasteiger partial charge in [-0.15, -0.1) is 0 Å². The second-order valence-corrected chi connectivity index (χ2v) is 4.61. The number of hydrogen-bond acceptors (Lipinski definition) is 4. The summed E-state index contributed by atoms with van der Waals surface area (Å²) < 4.78 is 5.16. The third-order valence-corrected chi connectivity index (χ3v) is 2.88. The summed E-state index contributed by atoms with van der Waals surface area (Å²) >= 11 is 0. The summed E-state index contributed by atoms with van der Waals surface area (Å²) in [6.45, 7) is 9.94. The standard InChI is InChI=1S/C14H25N3O/c1-5-17(8-9-18-4)14-11-15-7-6-13(14)10-16-12(2)3/h6-7,11-12,16H,5,8-10H2,1-4H3. The van der Waals surface area contributed by atoms with Gasteiger partial charge in [-0.05, 0) is 18.6 Å². The molecule has 0 unspecified atom stereocenters. The Kier molecular flexibility index (Phi) is 6.68. The van der Waals surface area contributed by atoms with E-state index in [1.54, 1.807) is 7.11 Å². The maximum absolute atomic E-state index is 5.16. The smallest absolute Gasteiger partial charge is 0.0637 e. The first kappa shape index (κ1) is 14.9. The molecule has 1 heterocycles. The van der Waals surface area contributed by atoms with E-state index in [-0.39, 0.29) is 0 Å². The zero-order valence-corrected chi connectivity index (χ0v) is 11.9. The van der Waals surface area contributed by atoms with Gasteiger partial charge in [-0.2, -0.15) is 0 Å². The van der Waals surface area contributed by atoms with Crippen molar-refractivity contribution in [3.05, 3.63) is 24.0 Å². The molecule has 4 nitrogen and oxygen atoms in total. The molecule has 0 radical (unpaired) electrons. The second kappa shape index (κ2) is 8.06. The van der Waals surface area contributed by atoms with Crippen LogP contribution in [0.1, 0.15) is 26.3 Å². The number of nitrogens with zero attached hydrogens (tertiary/aromatic N) is 2. The zero-order chi connectivity index (χ0) is 13.4. The molecule has 0 bridgehead atoms. The molecule has 1 rings (SSSR count). The minimum atomic E-state index is 0.486. The topological polar surface area (TPSA) is 37.4 Å². The van der Waals surface area contributed by atoms with Gasteiger partial charge in [-0.3, -0.25) is 4.98 Å². The van der Waals surface area contributed by atoms with Crippen LogP contribution < -0.4 is 10.2 Å². The Morgan fingerprint density at radius 2 is 2.22 bits per heavy atom. The highest BCUT2D eigenvalue weighted by Crippen LogP contribution is 2.18. The Balaban J connectivity index is 2.78. The van der Waals surface area contributed by atoms with E-state index in [0.29, 0.717) is 6.04 Å². The van der Waals surface area contributed by atoms with Crippen LogP contribution in [0.4, 0.5) is 5.69 Å². The summed E-state index contributed by atoms with van der Waals surface area (Å²) in [7, 11) is 1.73. The van der Waals surface area contributed by atoms with Gasteiger partial charge in [0.05, 0.1) is 18.5 Å². The van der Waals surface area contributed by atoms with Gasteiger partial charge in [0.15, 0.2) is 0 Å². The molecule has 18 heavy (non-hydrogen) atoms. The predicted molar refractivity (Wildman–Crippen MR) is 76.0 cm³/mol. The highest BCUT2D eigenvalue weighted by molar-refractivity contribution is 5.51. The summed E-state index contributed by atoms with van der Waals surface area (Å²) in [5.74, 6) is 0. The summed E-state index contributed by atoms with van der Waals surface area (Å²) in [5, 5.41) is 3.45. The van der Waals surface area contributed by atoms with Gasteiger partial charge in [0, 0.05) is 39.0 Å². The lowest BCUT2D eigenvalue weighted by molar-refractivity contribution is 0.205. The molecule has 0 aromatic carbocycles. The molecule has 0 fully saturated rings. The summed E-state index contributed by atoms with van der Waals surface area (Å²) in [4.78, 5) is 6.54. The first-order valence-electron chi connectivity index (χ1n) is 6.59. The fourth-order valence-corrected chi connectivity index (χ4v) is 1.81. The summed E-state index contributed by atoms with van der Waals surface area (Å²) in [6, 6.07) is 2.57. The van der Waals surface area contributed by atoms with Crippen molar-refractivity contribution in [3.63, 3.8) is 0 Å². The molecule has 4 heteroatoms. The second-order valence-electron chi connectivity index (χ2n) is 4.61. The van der Waals surface area contributed by atoms with Gasteiger partial charge in [0.1, 0.15) is 0 Å². The lowest BCUT2D eigenvalue weighted by Crippen LogP contribution is -2.29. The molecule has 0 amide bonds. The molecular weight excluding hydrogens is 226 g/mol. The highest BCUT2D eigenvalue weighted by atomic mass is 16.5. The van der Waals surface area contributed by atoms with E-state index in [4.69, 9.17) is 4.74 Å². The van der Waals surface area contributed by atoms with Crippen molar-refractivity contribution in [2.75, 3.05) is 31.7 Å². The number of anilines is 1. The summed E-state index contributed by atoms with van der Waals surface area (Å²) in [5.41, 5.74) is 2.49. The molecule has 1 aromatic heterocycles. The summed E-state index contributed by atoms with van der Waals surface area (Å²) in [6.07, 6.45) is 3.79. The van der Waals surface area contributed by atoms with Crippen LogP contribution in [-0.2, 0) is 11.3 Å². The van der Waals surface area contributed by atoms with Crippen LogP contribution in [-0.4, -0.2) is 37.8 Å². The Labute approximate surface area is 110 Å². The molecule has 1 aromatic rings. The molecule has 0 saturated carbocycles. The average molecular weight is 251 g/mol. The number of nitrogens with one attached hydrogen (secondary N) is 1. The quantitative estimate of drug-likeness (QED) is 0.767. The van der Waals surface area contributed by atoms with Crippen molar-refractivity contribution in [2.45, 2.75) is 33.4 Å². The van der Waals surface area contributed by atoms with Crippen molar-refractivity contribution in [1.82, 2.24) is 10.3 Å². The minimum Gasteiger partial charge on any atom is -0.383 e. The van der Waals surface area contributed by atoms with Crippen LogP contribution in [0.15, 0.2) is 18.5 Å². The van der Waals surface area contributed by atoms with Gasteiger partial charge >= 0.3 is 0 Å². The molecule has 0 spiro atoms. The van der Waals surface area contributed by atoms with Crippen LogP contribution >= 0.6 is 0 Å². The van der Waals surface area contributed by atoms with Crippen molar-refractivity contribution in [2.24, 2.45) is 0 Å². The van der Waals surface area contributed by atoms with Gasteiger partial charge in [0.25, 0.3) is 0 Å². The van der Waals surface area contributed by atoms with E-state index >= 15 is 0 Å². The molecule has 102 valence electrons. The number of hydrogen-bond donors (Lipinski definition) is 1. The number of methoxy groups -OCH3 is 1. The van der Waals surface area contributed by atoms with Gasteiger partial charge in [-0.25, -0.2) is 0 Å². The van der Waals surface area contributed by atoms with Gasteiger partial charge in [-0.1, -0.05) is 13.8 Å².